The van der Waals surface area contributed by atoms with Crippen LogP contribution in [0.1, 0.15) is 49.9 Å². The standard InChI is InChI=1S/C18H28N2O2S/c1-14(19-18(21)15-6-3-2-4-7-15)17(16-8-5-13-23-16)20-9-11-22-12-10-20/h5,8,13-15,17H,2-4,6-7,9-12H2,1H3,(H,19,21)/p+1/t14-,17+/m1/s1. The number of amides is 1. The van der Waals surface area contributed by atoms with Gasteiger partial charge in [0.2, 0.25) is 5.91 Å². The van der Waals surface area contributed by atoms with Crippen LogP contribution in [0.5, 0.6) is 0 Å². The van der Waals surface area contributed by atoms with Gasteiger partial charge < -0.3 is 15.0 Å². The van der Waals surface area contributed by atoms with Crippen LogP contribution < -0.4 is 10.2 Å². The van der Waals surface area contributed by atoms with Crippen LogP contribution in [0.3, 0.4) is 0 Å². The Bertz CT molecular complexity index is 479. The van der Waals surface area contributed by atoms with Crippen molar-refractivity contribution in [3.05, 3.63) is 22.4 Å². The Morgan fingerprint density at radius 3 is 2.70 bits per heavy atom. The predicted octanol–water partition coefficient (Wildman–Crippen LogP) is 1.79. The Morgan fingerprint density at radius 1 is 1.30 bits per heavy atom. The summed E-state index contributed by atoms with van der Waals surface area (Å²) in [7, 11) is 0. The zero-order valence-electron chi connectivity index (χ0n) is 14.1. The first-order valence-electron chi connectivity index (χ1n) is 9.02. The van der Waals surface area contributed by atoms with E-state index in [2.05, 4.69) is 29.8 Å². The number of quaternary nitrogens is 1. The van der Waals surface area contributed by atoms with Gasteiger partial charge in [-0.3, -0.25) is 4.79 Å². The van der Waals surface area contributed by atoms with Crippen molar-refractivity contribution < 1.29 is 14.4 Å². The van der Waals surface area contributed by atoms with E-state index in [-0.39, 0.29) is 17.9 Å². The fourth-order valence-corrected chi connectivity index (χ4v) is 4.99. The molecule has 2 N–H and O–H groups in total. The van der Waals surface area contributed by atoms with E-state index in [1.54, 1.807) is 11.3 Å². The molecule has 4 nitrogen and oxygen atoms in total. The van der Waals surface area contributed by atoms with Crippen molar-refractivity contribution in [2.75, 3.05) is 26.3 Å². The summed E-state index contributed by atoms with van der Waals surface area (Å²) in [5.74, 6) is 0.501. The molecule has 1 aromatic heterocycles. The zero-order valence-corrected chi connectivity index (χ0v) is 14.9. The van der Waals surface area contributed by atoms with Gasteiger partial charge in [0.05, 0.1) is 24.1 Å². The first kappa shape index (κ1) is 16.9. The van der Waals surface area contributed by atoms with E-state index in [1.165, 1.54) is 29.0 Å². The third kappa shape index (κ3) is 4.34. The first-order chi connectivity index (χ1) is 11.3. The maximum atomic E-state index is 12.6. The van der Waals surface area contributed by atoms with Crippen LogP contribution in [-0.2, 0) is 9.53 Å². The van der Waals surface area contributed by atoms with Crippen molar-refractivity contribution in [1.29, 1.82) is 0 Å². The molecule has 5 heteroatoms. The van der Waals surface area contributed by atoms with E-state index < -0.39 is 0 Å². The van der Waals surface area contributed by atoms with Crippen LogP contribution in [0.25, 0.3) is 0 Å². The summed E-state index contributed by atoms with van der Waals surface area (Å²) in [6, 6.07) is 4.83. The number of hydrogen-bond acceptors (Lipinski definition) is 3. The molecule has 0 bridgehead atoms. The van der Waals surface area contributed by atoms with Crippen LogP contribution in [0, 0.1) is 5.92 Å². The van der Waals surface area contributed by atoms with Crippen LogP contribution in [0.4, 0.5) is 0 Å². The lowest BCUT2D eigenvalue weighted by Crippen LogP contribution is -3.15. The highest BCUT2D eigenvalue weighted by Gasteiger charge is 2.34. The molecule has 23 heavy (non-hydrogen) atoms. The lowest BCUT2D eigenvalue weighted by Gasteiger charge is -2.35. The number of carbonyl (C=O) groups excluding carboxylic acids is 1. The fraction of sp³-hybridized carbons (Fsp3) is 0.722. The third-order valence-electron chi connectivity index (χ3n) is 5.27. The highest BCUT2D eigenvalue weighted by Crippen LogP contribution is 2.25. The van der Waals surface area contributed by atoms with Crippen LogP contribution >= 0.6 is 11.3 Å². The molecule has 0 radical (unpaired) electrons. The van der Waals surface area contributed by atoms with E-state index >= 15 is 0 Å². The molecular formula is C18H29N2O2S+. The fourth-order valence-electron chi connectivity index (χ4n) is 4.00. The second-order valence-electron chi connectivity index (χ2n) is 6.90. The van der Waals surface area contributed by atoms with Crippen molar-refractivity contribution in [3.63, 3.8) is 0 Å². The number of ether oxygens (including phenoxy) is 1. The molecule has 1 saturated carbocycles. The number of carbonyl (C=O) groups is 1. The maximum absolute atomic E-state index is 12.6. The van der Waals surface area contributed by atoms with Gasteiger partial charge in [-0.25, -0.2) is 0 Å². The summed E-state index contributed by atoms with van der Waals surface area (Å²) in [5, 5.41) is 5.48. The number of hydrogen-bond donors (Lipinski definition) is 2. The van der Waals surface area contributed by atoms with Crippen molar-refractivity contribution in [3.8, 4) is 0 Å². The minimum Gasteiger partial charge on any atom is -0.370 e. The topological polar surface area (TPSA) is 42.8 Å². The van der Waals surface area contributed by atoms with Gasteiger partial charge in [-0.05, 0) is 31.2 Å². The molecule has 2 heterocycles. The predicted molar refractivity (Wildman–Crippen MR) is 92.8 cm³/mol. The SMILES string of the molecule is C[C@@H](NC(=O)C1CCCCC1)[C@@H](c1cccs1)[NH+]1CCOCC1. The van der Waals surface area contributed by atoms with Gasteiger partial charge in [0.25, 0.3) is 0 Å². The second kappa shape index (κ2) is 8.27. The molecule has 0 unspecified atom stereocenters. The van der Waals surface area contributed by atoms with Crippen molar-refractivity contribution in [1.82, 2.24) is 5.32 Å². The average Bonchev–Trinajstić information content (AvgIpc) is 3.11. The molecule has 3 rings (SSSR count). The van der Waals surface area contributed by atoms with Gasteiger partial charge in [-0.1, -0.05) is 25.3 Å². The normalized spacial score (nSPS) is 23.3. The lowest BCUT2D eigenvalue weighted by atomic mass is 9.88. The molecule has 1 aromatic rings. The molecule has 2 aliphatic rings. The Labute approximate surface area is 143 Å². The Hall–Kier alpha value is -0.910. The molecule has 0 spiro atoms. The highest BCUT2D eigenvalue weighted by molar-refractivity contribution is 7.10. The highest BCUT2D eigenvalue weighted by atomic mass is 32.1. The minimum atomic E-state index is 0.163. The van der Waals surface area contributed by atoms with Crippen molar-refractivity contribution in [2.24, 2.45) is 5.92 Å². The molecule has 1 aliphatic carbocycles. The van der Waals surface area contributed by atoms with Gasteiger partial charge in [0.15, 0.2) is 0 Å². The minimum absolute atomic E-state index is 0.163. The van der Waals surface area contributed by atoms with Crippen LogP contribution in [-0.4, -0.2) is 38.3 Å². The van der Waals surface area contributed by atoms with E-state index in [0.717, 1.165) is 39.1 Å². The molecule has 1 saturated heterocycles. The molecule has 1 aliphatic heterocycles. The quantitative estimate of drug-likeness (QED) is 0.860. The molecule has 2 atom stereocenters. The zero-order chi connectivity index (χ0) is 16.1. The first-order valence-corrected chi connectivity index (χ1v) is 9.90. The van der Waals surface area contributed by atoms with Crippen molar-refractivity contribution in [2.45, 2.75) is 51.1 Å². The maximum Gasteiger partial charge on any atom is 0.223 e. The van der Waals surface area contributed by atoms with Gasteiger partial charge in [-0.15, -0.1) is 11.3 Å². The van der Waals surface area contributed by atoms with Crippen LogP contribution in [0.15, 0.2) is 17.5 Å². The van der Waals surface area contributed by atoms with Gasteiger partial charge in [0.1, 0.15) is 19.1 Å². The summed E-state index contributed by atoms with van der Waals surface area (Å²) >= 11 is 1.80. The molecule has 1 amide bonds. The molecule has 0 aromatic carbocycles. The second-order valence-corrected chi connectivity index (χ2v) is 7.88. The molecule has 128 valence electrons. The van der Waals surface area contributed by atoms with Gasteiger partial charge in [-0.2, -0.15) is 0 Å². The Kier molecular flexibility index (Phi) is 6.08. The largest absolute Gasteiger partial charge is 0.370 e. The number of morpholine rings is 1. The van der Waals surface area contributed by atoms with Crippen molar-refractivity contribution >= 4 is 17.2 Å². The summed E-state index contributed by atoms with van der Waals surface area (Å²) in [5.41, 5.74) is 0. The third-order valence-corrected chi connectivity index (χ3v) is 6.23. The number of thiophene rings is 1. The van der Waals surface area contributed by atoms with E-state index in [0.29, 0.717) is 6.04 Å². The lowest BCUT2D eigenvalue weighted by molar-refractivity contribution is -0.939. The summed E-state index contributed by atoms with van der Waals surface area (Å²) < 4.78 is 5.52. The smallest absolute Gasteiger partial charge is 0.223 e. The molecule has 2 fully saturated rings. The van der Waals surface area contributed by atoms with E-state index in [1.807, 2.05) is 0 Å². The Balaban J connectivity index is 1.67. The van der Waals surface area contributed by atoms with E-state index in [4.69, 9.17) is 4.74 Å². The summed E-state index contributed by atoms with van der Waals surface area (Å²) in [6.07, 6.45) is 5.82. The summed E-state index contributed by atoms with van der Waals surface area (Å²) in [4.78, 5) is 15.5. The monoisotopic (exact) mass is 337 g/mol. The van der Waals surface area contributed by atoms with Gasteiger partial charge >= 0.3 is 0 Å². The van der Waals surface area contributed by atoms with Crippen LogP contribution in [0.2, 0.25) is 0 Å². The number of rotatable bonds is 5. The summed E-state index contributed by atoms with van der Waals surface area (Å²) in [6.45, 7) is 5.85. The number of nitrogens with one attached hydrogen (secondary N) is 2. The Morgan fingerprint density at radius 2 is 2.04 bits per heavy atom. The molecular weight excluding hydrogens is 308 g/mol. The average molecular weight is 338 g/mol. The van der Waals surface area contributed by atoms with E-state index in [9.17, 15) is 4.79 Å². The van der Waals surface area contributed by atoms with Gasteiger partial charge in [0, 0.05) is 5.92 Å².